The molecule has 1 heterocycles. The molecule has 0 atom stereocenters. The highest BCUT2D eigenvalue weighted by molar-refractivity contribution is 14.0. The van der Waals surface area contributed by atoms with Crippen LogP contribution in [0.4, 0.5) is 8.78 Å². The van der Waals surface area contributed by atoms with Crippen LogP contribution in [0.3, 0.4) is 0 Å². The second kappa shape index (κ2) is 10.7. The van der Waals surface area contributed by atoms with Gasteiger partial charge in [-0.25, -0.2) is 8.78 Å². The van der Waals surface area contributed by atoms with Gasteiger partial charge in [0.1, 0.15) is 0 Å². The molecule has 0 aromatic heterocycles. The van der Waals surface area contributed by atoms with Gasteiger partial charge in [0.15, 0.2) is 17.6 Å². The van der Waals surface area contributed by atoms with Gasteiger partial charge in [-0.3, -0.25) is 9.89 Å². The summed E-state index contributed by atoms with van der Waals surface area (Å²) in [5.41, 5.74) is 0.180. The number of piperidine rings is 1. The molecule has 5 nitrogen and oxygen atoms in total. The lowest BCUT2D eigenvalue weighted by molar-refractivity contribution is -0.0236. The van der Waals surface area contributed by atoms with E-state index in [1.54, 1.807) is 6.07 Å². The van der Waals surface area contributed by atoms with E-state index in [9.17, 15) is 13.9 Å². The molecule has 0 spiro atoms. The van der Waals surface area contributed by atoms with Crippen molar-refractivity contribution in [1.82, 2.24) is 15.5 Å². The van der Waals surface area contributed by atoms with Gasteiger partial charge in [0.25, 0.3) is 0 Å². The Morgan fingerprint density at radius 1 is 1.25 bits per heavy atom. The van der Waals surface area contributed by atoms with Crippen LogP contribution in [0.15, 0.2) is 23.2 Å². The molecule has 8 heteroatoms. The first-order valence-corrected chi connectivity index (χ1v) is 9.91. The minimum absolute atomic E-state index is 0. The Bertz CT molecular complexity index is 662. The van der Waals surface area contributed by atoms with Crippen molar-refractivity contribution in [3.05, 3.63) is 35.4 Å². The first-order chi connectivity index (χ1) is 13.0. The van der Waals surface area contributed by atoms with Gasteiger partial charge in [0, 0.05) is 32.2 Å². The first-order valence-electron chi connectivity index (χ1n) is 9.91. The van der Waals surface area contributed by atoms with Crippen LogP contribution in [-0.4, -0.2) is 53.8 Å². The van der Waals surface area contributed by atoms with Gasteiger partial charge >= 0.3 is 0 Å². The van der Waals surface area contributed by atoms with Crippen LogP contribution >= 0.6 is 24.0 Å². The Balaban J connectivity index is 0.00000280. The summed E-state index contributed by atoms with van der Waals surface area (Å²) >= 11 is 0. The highest BCUT2D eigenvalue weighted by Gasteiger charge is 2.34. The highest BCUT2D eigenvalue weighted by Crippen LogP contribution is 2.31. The van der Waals surface area contributed by atoms with Crippen LogP contribution in [0.5, 0.6) is 0 Å². The number of rotatable bonds is 6. The number of hydrogen-bond donors (Lipinski definition) is 3. The molecule has 0 amide bonds. The van der Waals surface area contributed by atoms with Crippen molar-refractivity contribution in [1.29, 1.82) is 0 Å². The molecule has 28 heavy (non-hydrogen) atoms. The lowest BCUT2D eigenvalue weighted by Gasteiger charge is -2.36. The molecule has 1 aliphatic carbocycles. The van der Waals surface area contributed by atoms with Crippen LogP contribution in [0.1, 0.15) is 44.6 Å². The number of aliphatic imine (C=N–C) groups is 1. The fourth-order valence-corrected chi connectivity index (χ4v) is 3.61. The molecule has 0 bridgehead atoms. The van der Waals surface area contributed by atoms with Crippen molar-refractivity contribution in [3.63, 3.8) is 0 Å². The molecule has 1 aliphatic heterocycles. The number of hydrogen-bond acceptors (Lipinski definition) is 3. The van der Waals surface area contributed by atoms with Gasteiger partial charge in [-0.1, -0.05) is 6.07 Å². The average molecular weight is 508 g/mol. The van der Waals surface area contributed by atoms with E-state index in [4.69, 9.17) is 0 Å². The number of nitrogens with one attached hydrogen (secondary N) is 2. The molecule has 1 aromatic carbocycles. The molecular formula is C20H31F2IN4O. The van der Waals surface area contributed by atoms with E-state index in [0.29, 0.717) is 19.1 Å². The SMILES string of the molecule is CCNC(=NCC1(O)CCC1)NC1CCN(Cc2ccc(F)c(F)c2)CC1.I. The van der Waals surface area contributed by atoms with Crippen LogP contribution in [-0.2, 0) is 6.54 Å². The zero-order valence-electron chi connectivity index (χ0n) is 16.4. The van der Waals surface area contributed by atoms with Crippen molar-refractivity contribution < 1.29 is 13.9 Å². The minimum Gasteiger partial charge on any atom is -0.388 e. The number of halogens is 3. The molecule has 3 N–H and O–H groups in total. The Labute approximate surface area is 183 Å². The normalized spacial score (nSPS) is 20.2. The predicted octanol–water partition coefficient (Wildman–Crippen LogP) is 3.02. The van der Waals surface area contributed by atoms with Gasteiger partial charge in [0.2, 0.25) is 0 Å². The van der Waals surface area contributed by atoms with Crippen LogP contribution in [0.2, 0.25) is 0 Å². The summed E-state index contributed by atoms with van der Waals surface area (Å²) in [5.74, 6) is -0.830. The molecule has 1 saturated heterocycles. The molecule has 3 rings (SSSR count). The zero-order valence-corrected chi connectivity index (χ0v) is 18.7. The fourth-order valence-electron chi connectivity index (χ4n) is 3.61. The van der Waals surface area contributed by atoms with Crippen molar-refractivity contribution in [2.45, 2.75) is 57.2 Å². The summed E-state index contributed by atoms with van der Waals surface area (Å²) in [6.07, 6.45) is 4.65. The summed E-state index contributed by atoms with van der Waals surface area (Å²) in [7, 11) is 0. The zero-order chi connectivity index (χ0) is 19.3. The number of aliphatic hydroxyl groups is 1. The third kappa shape index (κ3) is 6.52. The maximum absolute atomic E-state index is 13.4. The Hall–Kier alpha value is -1.00. The third-order valence-electron chi connectivity index (χ3n) is 5.48. The lowest BCUT2D eigenvalue weighted by atomic mass is 9.80. The number of likely N-dealkylation sites (tertiary alicyclic amines) is 1. The number of guanidine groups is 1. The average Bonchev–Trinajstić information content (AvgIpc) is 2.63. The van der Waals surface area contributed by atoms with Crippen LogP contribution in [0, 0.1) is 11.6 Å². The topological polar surface area (TPSA) is 59.9 Å². The van der Waals surface area contributed by atoms with Gasteiger partial charge in [-0.15, -0.1) is 24.0 Å². The van der Waals surface area contributed by atoms with Gasteiger partial charge in [0.05, 0.1) is 12.1 Å². The van der Waals surface area contributed by atoms with Crippen molar-refractivity contribution in [3.8, 4) is 0 Å². The summed E-state index contributed by atoms with van der Waals surface area (Å²) in [6.45, 7) is 5.65. The fraction of sp³-hybridized carbons (Fsp3) is 0.650. The number of benzene rings is 1. The van der Waals surface area contributed by atoms with Crippen LogP contribution in [0.25, 0.3) is 0 Å². The molecular weight excluding hydrogens is 477 g/mol. The largest absolute Gasteiger partial charge is 0.388 e. The predicted molar refractivity (Wildman–Crippen MR) is 118 cm³/mol. The molecule has 0 radical (unpaired) electrons. The standard InChI is InChI=1S/C20H30F2N4O.HI/c1-2-23-19(24-14-20(27)8-3-9-20)25-16-6-10-26(11-7-16)13-15-4-5-17(21)18(22)12-15;/h4-5,12,16,27H,2-3,6-11,13-14H2,1H3,(H2,23,24,25);1H. The van der Waals surface area contributed by atoms with E-state index in [0.717, 1.165) is 63.3 Å². The third-order valence-corrected chi connectivity index (χ3v) is 5.48. The van der Waals surface area contributed by atoms with E-state index in [1.807, 2.05) is 6.92 Å². The van der Waals surface area contributed by atoms with Crippen LogP contribution < -0.4 is 10.6 Å². The van der Waals surface area contributed by atoms with E-state index in [1.165, 1.54) is 12.1 Å². The molecule has 1 aromatic rings. The second-order valence-corrected chi connectivity index (χ2v) is 7.72. The Morgan fingerprint density at radius 2 is 1.96 bits per heavy atom. The lowest BCUT2D eigenvalue weighted by Crippen LogP contribution is -2.49. The van der Waals surface area contributed by atoms with E-state index in [2.05, 4.69) is 20.5 Å². The van der Waals surface area contributed by atoms with Gasteiger partial charge in [-0.2, -0.15) is 0 Å². The van der Waals surface area contributed by atoms with Gasteiger partial charge < -0.3 is 15.7 Å². The van der Waals surface area contributed by atoms with Crippen molar-refractivity contribution >= 4 is 29.9 Å². The smallest absolute Gasteiger partial charge is 0.191 e. The Morgan fingerprint density at radius 3 is 2.54 bits per heavy atom. The summed E-state index contributed by atoms with van der Waals surface area (Å²) in [6, 6.07) is 4.43. The van der Waals surface area contributed by atoms with Gasteiger partial charge in [-0.05, 0) is 56.7 Å². The highest BCUT2D eigenvalue weighted by atomic mass is 127. The van der Waals surface area contributed by atoms with E-state index in [-0.39, 0.29) is 24.0 Å². The molecule has 2 fully saturated rings. The second-order valence-electron chi connectivity index (χ2n) is 7.72. The van der Waals surface area contributed by atoms with E-state index >= 15 is 0 Å². The quantitative estimate of drug-likeness (QED) is 0.314. The first kappa shape index (κ1) is 23.3. The Kier molecular flexibility index (Phi) is 8.88. The van der Waals surface area contributed by atoms with Crippen molar-refractivity contribution in [2.24, 2.45) is 4.99 Å². The summed E-state index contributed by atoms with van der Waals surface area (Å²) < 4.78 is 26.4. The number of nitrogens with zero attached hydrogens (tertiary/aromatic N) is 2. The molecule has 158 valence electrons. The maximum atomic E-state index is 13.4. The molecule has 1 saturated carbocycles. The molecule has 2 aliphatic rings. The summed E-state index contributed by atoms with van der Waals surface area (Å²) in [4.78, 5) is 6.82. The minimum atomic E-state index is -0.802. The molecule has 0 unspecified atom stereocenters. The monoisotopic (exact) mass is 508 g/mol. The summed E-state index contributed by atoms with van der Waals surface area (Å²) in [5, 5.41) is 16.9. The maximum Gasteiger partial charge on any atom is 0.191 e. The van der Waals surface area contributed by atoms with E-state index < -0.39 is 17.2 Å². The van der Waals surface area contributed by atoms with Crippen molar-refractivity contribution in [2.75, 3.05) is 26.2 Å².